The molecule has 1 saturated heterocycles. The Kier molecular flexibility index (Phi) is 6.37. The maximum atomic E-state index is 12.4. The average molecular weight is 326 g/mol. The number of hydrogen-bond acceptors (Lipinski definition) is 5. The van der Waals surface area contributed by atoms with Crippen molar-refractivity contribution in [2.45, 2.75) is 33.0 Å². The van der Waals surface area contributed by atoms with E-state index >= 15 is 0 Å². The van der Waals surface area contributed by atoms with Crippen molar-refractivity contribution in [3.63, 3.8) is 0 Å². The molecule has 0 spiro atoms. The molecule has 0 aromatic carbocycles. The van der Waals surface area contributed by atoms with Crippen LogP contribution in [0.3, 0.4) is 0 Å². The standard InChI is InChI=1S/C16H26N2O3S/c1-12(2)21-11-14(19)10-17-6-8-18(9-7-17)16(20)15-5-4-13(3)22-15/h4-5,12,14,19H,6-11H2,1-3H3. The van der Waals surface area contributed by atoms with Crippen molar-refractivity contribution in [2.75, 3.05) is 39.3 Å². The highest BCUT2D eigenvalue weighted by molar-refractivity contribution is 7.13. The van der Waals surface area contributed by atoms with Crippen LogP contribution in [0, 0.1) is 6.92 Å². The highest BCUT2D eigenvalue weighted by atomic mass is 32.1. The summed E-state index contributed by atoms with van der Waals surface area (Å²) in [6, 6.07) is 3.89. The molecule has 22 heavy (non-hydrogen) atoms. The largest absolute Gasteiger partial charge is 0.389 e. The summed E-state index contributed by atoms with van der Waals surface area (Å²) in [7, 11) is 0. The van der Waals surface area contributed by atoms with Gasteiger partial charge in [-0.2, -0.15) is 0 Å². The summed E-state index contributed by atoms with van der Waals surface area (Å²) in [6.07, 6.45) is -0.331. The molecule has 1 aromatic heterocycles. The van der Waals surface area contributed by atoms with Gasteiger partial charge in [0, 0.05) is 37.6 Å². The molecule has 1 aromatic rings. The molecule has 124 valence electrons. The van der Waals surface area contributed by atoms with Gasteiger partial charge in [-0.3, -0.25) is 9.69 Å². The predicted molar refractivity (Wildman–Crippen MR) is 88.5 cm³/mol. The van der Waals surface area contributed by atoms with E-state index in [1.807, 2.05) is 37.8 Å². The van der Waals surface area contributed by atoms with Gasteiger partial charge >= 0.3 is 0 Å². The number of aliphatic hydroxyl groups excluding tert-OH is 1. The van der Waals surface area contributed by atoms with Crippen molar-refractivity contribution >= 4 is 17.2 Å². The lowest BCUT2D eigenvalue weighted by Gasteiger charge is -2.35. The number of aryl methyl sites for hydroxylation is 1. The summed E-state index contributed by atoms with van der Waals surface area (Å²) >= 11 is 1.55. The van der Waals surface area contributed by atoms with Crippen LogP contribution >= 0.6 is 11.3 Å². The minimum absolute atomic E-state index is 0.126. The number of carbonyl (C=O) groups excluding carboxylic acids is 1. The maximum Gasteiger partial charge on any atom is 0.264 e. The van der Waals surface area contributed by atoms with E-state index in [2.05, 4.69) is 4.90 Å². The zero-order valence-corrected chi connectivity index (χ0v) is 14.4. The molecule has 1 aliphatic rings. The first-order valence-electron chi connectivity index (χ1n) is 7.83. The van der Waals surface area contributed by atoms with Crippen LogP contribution in [0.4, 0.5) is 0 Å². The second kappa shape index (κ2) is 8.06. The summed E-state index contributed by atoms with van der Waals surface area (Å²) in [5, 5.41) is 9.96. The minimum atomic E-state index is -0.468. The highest BCUT2D eigenvalue weighted by Crippen LogP contribution is 2.18. The zero-order chi connectivity index (χ0) is 16.1. The van der Waals surface area contributed by atoms with E-state index in [1.165, 1.54) is 0 Å². The fourth-order valence-corrected chi connectivity index (χ4v) is 3.33. The van der Waals surface area contributed by atoms with E-state index in [0.717, 1.165) is 22.8 Å². The van der Waals surface area contributed by atoms with E-state index in [0.29, 0.717) is 26.2 Å². The summed E-state index contributed by atoms with van der Waals surface area (Å²) < 4.78 is 5.42. The van der Waals surface area contributed by atoms with E-state index in [9.17, 15) is 9.90 Å². The van der Waals surface area contributed by atoms with E-state index < -0.39 is 6.10 Å². The van der Waals surface area contributed by atoms with Gasteiger partial charge in [-0.25, -0.2) is 0 Å². The molecule has 2 heterocycles. The molecule has 1 unspecified atom stereocenters. The predicted octanol–water partition coefficient (Wildman–Crippen LogP) is 1.60. The second-order valence-electron chi connectivity index (χ2n) is 6.04. The Bertz CT molecular complexity index is 481. The fraction of sp³-hybridized carbons (Fsp3) is 0.688. The summed E-state index contributed by atoms with van der Waals surface area (Å²) in [5.41, 5.74) is 0. The SMILES string of the molecule is Cc1ccc(C(=O)N2CCN(CC(O)COC(C)C)CC2)s1. The Labute approximate surface area is 136 Å². The Morgan fingerprint density at radius 3 is 2.55 bits per heavy atom. The van der Waals surface area contributed by atoms with E-state index in [-0.39, 0.29) is 12.0 Å². The van der Waals surface area contributed by atoms with Gasteiger partial charge in [-0.1, -0.05) is 0 Å². The molecule has 1 aliphatic heterocycles. The van der Waals surface area contributed by atoms with Crippen LogP contribution in [-0.2, 0) is 4.74 Å². The van der Waals surface area contributed by atoms with E-state index in [4.69, 9.17) is 4.74 Å². The monoisotopic (exact) mass is 326 g/mol. The summed E-state index contributed by atoms with van der Waals surface area (Å²) in [4.78, 5) is 18.4. The van der Waals surface area contributed by atoms with Crippen molar-refractivity contribution in [3.05, 3.63) is 21.9 Å². The molecule has 1 amide bonds. The summed E-state index contributed by atoms with van der Waals surface area (Å²) in [5.74, 6) is 0.126. The molecule has 1 atom stereocenters. The van der Waals surface area contributed by atoms with Crippen molar-refractivity contribution in [1.29, 1.82) is 0 Å². The lowest BCUT2D eigenvalue weighted by molar-refractivity contribution is -0.0137. The van der Waals surface area contributed by atoms with Crippen LogP contribution < -0.4 is 0 Å². The first-order valence-corrected chi connectivity index (χ1v) is 8.65. The number of β-amino-alcohol motifs (C(OH)–C–C–N with tert-alkyl or cyclic N) is 1. The number of ether oxygens (including phenoxy) is 1. The third kappa shape index (κ3) is 5.05. The van der Waals surface area contributed by atoms with Gasteiger partial charge in [0.1, 0.15) is 0 Å². The summed E-state index contributed by atoms with van der Waals surface area (Å²) in [6.45, 7) is 9.94. The zero-order valence-electron chi connectivity index (χ0n) is 13.6. The van der Waals surface area contributed by atoms with Crippen LogP contribution in [0.15, 0.2) is 12.1 Å². The number of thiophene rings is 1. The Balaban J connectivity index is 1.74. The topological polar surface area (TPSA) is 53.0 Å². The normalized spacial score (nSPS) is 18.0. The minimum Gasteiger partial charge on any atom is -0.389 e. The number of aliphatic hydroxyl groups is 1. The first kappa shape index (κ1) is 17.4. The Morgan fingerprint density at radius 1 is 1.32 bits per heavy atom. The van der Waals surface area contributed by atoms with Crippen LogP contribution in [0.5, 0.6) is 0 Å². The molecule has 5 nitrogen and oxygen atoms in total. The number of amides is 1. The molecule has 0 saturated carbocycles. The van der Waals surface area contributed by atoms with Crippen LogP contribution in [0.2, 0.25) is 0 Å². The lowest BCUT2D eigenvalue weighted by Crippen LogP contribution is -2.50. The van der Waals surface area contributed by atoms with Crippen molar-refractivity contribution < 1.29 is 14.6 Å². The van der Waals surface area contributed by atoms with Crippen LogP contribution in [-0.4, -0.2) is 72.4 Å². The molecule has 1 fully saturated rings. The first-order chi connectivity index (χ1) is 10.5. The van der Waals surface area contributed by atoms with Gasteiger partial charge in [0.05, 0.1) is 23.7 Å². The van der Waals surface area contributed by atoms with Gasteiger partial charge in [0.15, 0.2) is 0 Å². The molecule has 0 aliphatic carbocycles. The second-order valence-corrected chi connectivity index (χ2v) is 7.33. The molecular weight excluding hydrogens is 300 g/mol. The molecule has 1 N–H and O–H groups in total. The fourth-order valence-electron chi connectivity index (χ4n) is 2.49. The molecule has 0 radical (unpaired) electrons. The smallest absolute Gasteiger partial charge is 0.264 e. The van der Waals surface area contributed by atoms with Crippen molar-refractivity contribution in [1.82, 2.24) is 9.80 Å². The van der Waals surface area contributed by atoms with Crippen LogP contribution in [0.25, 0.3) is 0 Å². The highest BCUT2D eigenvalue weighted by Gasteiger charge is 2.24. The maximum absolute atomic E-state index is 12.4. The quantitative estimate of drug-likeness (QED) is 0.863. The number of nitrogens with zero attached hydrogens (tertiary/aromatic N) is 2. The lowest BCUT2D eigenvalue weighted by atomic mass is 10.2. The number of piperazine rings is 1. The number of hydrogen-bond donors (Lipinski definition) is 1. The van der Waals surface area contributed by atoms with Crippen LogP contribution in [0.1, 0.15) is 28.4 Å². The Morgan fingerprint density at radius 2 is 2.00 bits per heavy atom. The molecular formula is C16H26N2O3S. The third-order valence-electron chi connectivity index (χ3n) is 3.70. The van der Waals surface area contributed by atoms with Gasteiger partial charge in [0.25, 0.3) is 5.91 Å². The molecule has 2 rings (SSSR count). The molecule has 6 heteroatoms. The Hall–Kier alpha value is -0.950. The number of rotatable bonds is 6. The van der Waals surface area contributed by atoms with Crippen molar-refractivity contribution in [2.24, 2.45) is 0 Å². The van der Waals surface area contributed by atoms with Gasteiger partial charge < -0.3 is 14.7 Å². The van der Waals surface area contributed by atoms with E-state index in [1.54, 1.807) is 11.3 Å². The van der Waals surface area contributed by atoms with Gasteiger partial charge in [0.2, 0.25) is 0 Å². The number of carbonyl (C=O) groups is 1. The van der Waals surface area contributed by atoms with Gasteiger partial charge in [-0.05, 0) is 32.9 Å². The average Bonchev–Trinajstić information content (AvgIpc) is 2.92. The molecule has 0 bridgehead atoms. The van der Waals surface area contributed by atoms with Gasteiger partial charge in [-0.15, -0.1) is 11.3 Å². The third-order valence-corrected chi connectivity index (χ3v) is 4.69. The van der Waals surface area contributed by atoms with Crippen molar-refractivity contribution in [3.8, 4) is 0 Å².